The SMILES string of the molecule is CC(C)(C)N1CCC(NC(=O)c2ccc(C(F)(F)F)cc2Cl)c2ccc(F)cc21. The number of alkyl halides is 3. The minimum Gasteiger partial charge on any atom is -0.366 e. The van der Waals surface area contributed by atoms with Crippen LogP contribution in [-0.4, -0.2) is 18.0 Å². The zero-order valence-electron chi connectivity index (χ0n) is 16.2. The van der Waals surface area contributed by atoms with E-state index in [-0.39, 0.29) is 21.9 Å². The first-order valence-corrected chi connectivity index (χ1v) is 9.50. The van der Waals surface area contributed by atoms with Crippen molar-refractivity contribution < 1.29 is 22.4 Å². The molecule has 3 nitrogen and oxygen atoms in total. The highest BCUT2D eigenvalue weighted by Gasteiger charge is 2.34. The van der Waals surface area contributed by atoms with Gasteiger partial charge in [0.05, 0.1) is 22.2 Å². The average Bonchev–Trinajstić information content (AvgIpc) is 2.59. The van der Waals surface area contributed by atoms with Crippen molar-refractivity contribution in [1.82, 2.24) is 5.32 Å². The standard InChI is InChI=1S/C21H21ClF4N2O/c1-20(2,3)28-9-8-17(15-7-5-13(23)11-18(15)28)27-19(29)14-6-4-12(10-16(14)22)21(24,25)26/h4-7,10-11,17H,8-9H2,1-3H3,(H,27,29). The van der Waals surface area contributed by atoms with E-state index < -0.39 is 23.7 Å². The van der Waals surface area contributed by atoms with E-state index in [0.29, 0.717) is 18.7 Å². The molecule has 1 atom stereocenters. The molecule has 0 saturated carbocycles. The van der Waals surface area contributed by atoms with Crippen molar-refractivity contribution >= 4 is 23.2 Å². The number of nitrogens with zero attached hydrogens (tertiary/aromatic N) is 1. The van der Waals surface area contributed by atoms with Crippen LogP contribution in [0.4, 0.5) is 23.2 Å². The van der Waals surface area contributed by atoms with E-state index in [1.807, 2.05) is 20.8 Å². The fourth-order valence-electron chi connectivity index (χ4n) is 3.54. The molecule has 2 aromatic rings. The summed E-state index contributed by atoms with van der Waals surface area (Å²) in [7, 11) is 0. The van der Waals surface area contributed by atoms with Gasteiger partial charge in [-0.1, -0.05) is 17.7 Å². The smallest absolute Gasteiger partial charge is 0.366 e. The van der Waals surface area contributed by atoms with Crippen LogP contribution in [0.2, 0.25) is 5.02 Å². The largest absolute Gasteiger partial charge is 0.416 e. The van der Waals surface area contributed by atoms with Crippen LogP contribution in [0.1, 0.15) is 54.7 Å². The van der Waals surface area contributed by atoms with Crippen LogP contribution in [0.3, 0.4) is 0 Å². The first-order chi connectivity index (χ1) is 13.4. The second-order valence-corrected chi connectivity index (χ2v) is 8.44. The third kappa shape index (κ3) is 4.50. The summed E-state index contributed by atoms with van der Waals surface area (Å²) in [6, 6.07) is 6.61. The molecule has 1 aliphatic heterocycles. The van der Waals surface area contributed by atoms with E-state index in [4.69, 9.17) is 11.6 Å². The van der Waals surface area contributed by atoms with E-state index in [9.17, 15) is 22.4 Å². The normalized spacial score (nSPS) is 17.1. The van der Waals surface area contributed by atoms with Crippen LogP contribution in [-0.2, 0) is 6.18 Å². The third-order valence-corrected chi connectivity index (χ3v) is 5.27. The number of nitrogens with one attached hydrogen (secondary N) is 1. The van der Waals surface area contributed by atoms with Crippen molar-refractivity contribution in [2.45, 2.75) is 44.9 Å². The second kappa shape index (κ2) is 7.52. The number of hydrogen-bond acceptors (Lipinski definition) is 2. The van der Waals surface area contributed by atoms with Gasteiger partial charge >= 0.3 is 6.18 Å². The number of hydrogen-bond donors (Lipinski definition) is 1. The van der Waals surface area contributed by atoms with Crippen molar-refractivity contribution in [3.8, 4) is 0 Å². The Bertz CT molecular complexity index is 937. The molecule has 0 radical (unpaired) electrons. The maximum atomic E-state index is 13.9. The monoisotopic (exact) mass is 428 g/mol. The molecule has 1 amide bonds. The number of benzene rings is 2. The van der Waals surface area contributed by atoms with Crippen molar-refractivity contribution in [2.24, 2.45) is 0 Å². The van der Waals surface area contributed by atoms with Gasteiger partial charge in [0.15, 0.2) is 0 Å². The quantitative estimate of drug-likeness (QED) is 0.597. The lowest BCUT2D eigenvalue weighted by molar-refractivity contribution is -0.137. The van der Waals surface area contributed by atoms with E-state index >= 15 is 0 Å². The number of halogens is 5. The third-order valence-electron chi connectivity index (χ3n) is 4.96. The molecule has 0 fully saturated rings. The first kappa shape index (κ1) is 21.4. The van der Waals surface area contributed by atoms with Gasteiger partial charge in [-0.2, -0.15) is 13.2 Å². The zero-order valence-corrected chi connectivity index (χ0v) is 17.0. The van der Waals surface area contributed by atoms with E-state index in [2.05, 4.69) is 10.2 Å². The van der Waals surface area contributed by atoms with Gasteiger partial charge in [-0.25, -0.2) is 4.39 Å². The lowest BCUT2D eigenvalue weighted by atomic mass is 9.91. The van der Waals surface area contributed by atoms with Crippen LogP contribution in [0.25, 0.3) is 0 Å². The van der Waals surface area contributed by atoms with Crippen molar-refractivity contribution in [3.63, 3.8) is 0 Å². The number of carbonyl (C=O) groups is 1. The van der Waals surface area contributed by atoms with Gasteiger partial charge < -0.3 is 10.2 Å². The van der Waals surface area contributed by atoms with Crippen LogP contribution < -0.4 is 10.2 Å². The second-order valence-electron chi connectivity index (χ2n) is 8.03. The Morgan fingerprint density at radius 1 is 1.14 bits per heavy atom. The van der Waals surface area contributed by atoms with Crippen LogP contribution >= 0.6 is 11.6 Å². The number of amides is 1. The Labute approximate surface area is 171 Å². The summed E-state index contributed by atoms with van der Waals surface area (Å²) in [6.07, 6.45) is -3.97. The van der Waals surface area contributed by atoms with Gasteiger partial charge in [-0.15, -0.1) is 0 Å². The molecule has 29 heavy (non-hydrogen) atoms. The highest BCUT2D eigenvalue weighted by atomic mass is 35.5. The maximum absolute atomic E-state index is 13.9. The van der Waals surface area contributed by atoms with Gasteiger partial charge in [0.2, 0.25) is 0 Å². The number of fused-ring (bicyclic) bond motifs is 1. The Morgan fingerprint density at radius 2 is 1.83 bits per heavy atom. The Hall–Kier alpha value is -2.28. The lowest BCUT2D eigenvalue weighted by Crippen LogP contribution is -2.47. The molecule has 0 aliphatic carbocycles. The molecule has 1 N–H and O–H groups in total. The highest BCUT2D eigenvalue weighted by Crippen LogP contribution is 2.38. The molecule has 3 rings (SSSR count). The molecule has 1 aliphatic rings. The number of rotatable bonds is 2. The zero-order chi connectivity index (χ0) is 21.6. The predicted octanol–water partition coefficient (Wildman–Crippen LogP) is 5.98. The molecule has 8 heteroatoms. The van der Waals surface area contributed by atoms with Crippen molar-refractivity contribution in [2.75, 3.05) is 11.4 Å². The molecule has 0 aromatic heterocycles. The molecule has 2 aromatic carbocycles. The lowest BCUT2D eigenvalue weighted by Gasteiger charge is -2.44. The van der Waals surface area contributed by atoms with Crippen LogP contribution in [0, 0.1) is 5.82 Å². The van der Waals surface area contributed by atoms with Gasteiger partial charge in [-0.05, 0) is 63.1 Å². The molecular formula is C21H21ClF4N2O. The van der Waals surface area contributed by atoms with Gasteiger partial charge in [0.25, 0.3) is 5.91 Å². The molecule has 0 saturated heterocycles. The molecular weight excluding hydrogens is 408 g/mol. The van der Waals surface area contributed by atoms with Gasteiger partial charge in [0.1, 0.15) is 5.82 Å². The maximum Gasteiger partial charge on any atom is 0.416 e. The summed E-state index contributed by atoms with van der Waals surface area (Å²) in [4.78, 5) is 14.8. The Morgan fingerprint density at radius 3 is 2.41 bits per heavy atom. The highest BCUT2D eigenvalue weighted by molar-refractivity contribution is 6.33. The Kier molecular flexibility index (Phi) is 5.56. The topological polar surface area (TPSA) is 32.3 Å². The minimum absolute atomic E-state index is 0.0402. The summed E-state index contributed by atoms with van der Waals surface area (Å²) in [6.45, 7) is 6.64. The molecule has 1 unspecified atom stereocenters. The molecule has 0 bridgehead atoms. The van der Waals surface area contributed by atoms with Crippen LogP contribution in [0.5, 0.6) is 0 Å². The van der Waals surface area contributed by atoms with Gasteiger partial charge in [-0.3, -0.25) is 4.79 Å². The van der Waals surface area contributed by atoms with E-state index in [1.165, 1.54) is 12.1 Å². The number of carbonyl (C=O) groups excluding carboxylic acids is 1. The van der Waals surface area contributed by atoms with E-state index in [1.54, 1.807) is 6.07 Å². The molecule has 156 valence electrons. The summed E-state index contributed by atoms with van der Waals surface area (Å²) in [5.41, 5.74) is 0.241. The van der Waals surface area contributed by atoms with Crippen molar-refractivity contribution in [1.29, 1.82) is 0 Å². The fourth-order valence-corrected chi connectivity index (χ4v) is 3.80. The summed E-state index contributed by atoms with van der Waals surface area (Å²) in [5, 5.41) is 2.55. The molecule has 0 spiro atoms. The van der Waals surface area contributed by atoms with Gasteiger partial charge in [0, 0.05) is 17.8 Å². The average molecular weight is 429 g/mol. The summed E-state index contributed by atoms with van der Waals surface area (Å²) < 4.78 is 52.3. The summed E-state index contributed by atoms with van der Waals surface area (Å²) >= 11 is 5.93. The summed E-state index contributed by atoms with van der Waals surface area (Å²) in [5.74, 6) is -0.955. The molecule has 1 heterocycles. The first-order valence-electron chi connectivity index (χ1n) is 9.12. The van der Waals surface area contributed by atoms with Crippen LogP contribution in [0.15, 0.2) is 36.4 Å². The van der Waals surface area contributed by atoms with Crippen molar-refractivity contribution in [3.05, 3.63) is 63.9 Å². The fraction of sp³-hybridized carbons (Fsp3) is 0.381. The van der Waals surface area contributed by atoms with E-state index in [0.717, 1.165) is 23.8 Å². The number of anilines is 1. The Balaban J connectivity index is 1.88. The minimum atomic E-state index is -4.54. The predicted molar refractivity (Wildman–Crippen MR) is 105 cm³/mol.